The quantitative estimate of drug-likeness (QED) is 0.787. The van der Waals surface area contributed by atoms with Gasteiger partial charge in [-0.1, -0.05) is 30.3 Å². The van der Waals surface area contributed by atoms with Gasteiger partial charge in [-0.2, -0.15) is 4.31 Å². The number of carbonyl (C=O) groups is 1. The molecule has 1 fully saturated rings. The van der Waals surface area contributed by atoms with E-state index in [1.165, 1.54) is 4.31 Å². The lowest BCUT2D eigenvalue weighted by molar-refractivity contribution is -0.131. The average Bonchev–Trinajstić information content (AvgIpc) is 2.69. The molecule has 0 unspecified atom stereocenters. The monoisotopic (exact) mass is 388 g/mol. The Morgan fingerprint density at radius 2 is 1.70 bits per heavy atom. The van der Waals surface area contributed by atoms with E-state index < -0.39 is 10.0 Å². The summed E-state index contributed by atoms with van der Waals surface area (Å²) in [6.45, 7) is 3.37. The van der Waals surface area contributed by atoms with Crippen LogP contribution in [0.25, 0.3) is 0 Å². The van der Waals surface area contributed by atoms with Crippen molar-refractivity contribution in [1.82, 2.24) is 9.21 Å². The van der Waals surface area contributed by atoms with E-state index in [0.29, 0.717) is 37.5 Å². The Bertz CT molecular complexity index is 905. The van der Waals surface area contributed by atoms with E-state index in [2.05, 4.69) is 0 Å². The first-order chi connectivity index (χ1) is 12.9. The van der Waals surface area contributed by atoms with Crippen molar-refractivity contribution in [1.29, 1.82) is 0 Å². The molecule has 0 N–H and O–H groups in total. The predicted octanol–water partition coefficient (Wildman–Crippen LogP) is 2.08. The first-order valence-corrected chi connectivity index (χ1v) is 10.3. The van der Waals surface area contributed by atoms with Crippen LogP contribution < -0.4 is 4.74 Å². The van der Waals surface area contributed by atoms with Gasteiger partial charge in [0.2, 0.25) is 15.9 Å². The Labute approximate surface area is 160 Å². The molecular weight excluding hydrogens is 364 g/mol. The molecule has 1 saturated heterocycles. The van der Waals surface area contributed by atoms with E-state index in [1.807, 2.05) is 25.1 Å². The van der Waals surface area contributed by atoms with Crippen LogP contribution in [-0.4, -0.2) is 56.8 Å². The summed E-state index contributed by atoms with van der Waals surface area (Å²) in [4.78, 5) is 14.6. The van der Waals surface area contributed by atoms with Gasteiger partial charge >= 0.3 is 0 Å². The second-order valence-electron chi connectivity index (χ2n) is 6.58. The number of rotatable bonds is 5. The molecule has 0 bridgehead atoms. The van der Waals surface area contributed by atoms with Crippen LogP contribution in [0, 0.1) is 6.92 Å². The topological polar surface area (TPSA) is 66.9 Å². The fraction of sp³-hybridized carbons (Fsp3) is 0.350. The van der Waals surface area contributed by atoms with Gasteiger partial charge in [-0.25, -0.2) is 8.42 Å². The molecular formula is C20H24N2O4S. The third-order valence-electron chi connectivity index (χ3n) is 4.79. The van der Waals surface area contributed by atoms with E-state index in [1.54, 1.807) is 42.3 Å². The first-order valence-electron chi connectivity index (χ1n) is 8.88. The smallest absolute Gasteiger partial charge is 0.243 e. The van der Waals surface area contributed by atoms with Gasteiger partial charge in [0.15, 0.2) is 0 Å². The minimum absolute atomic E-state index is 0.0105. The third kappa shape index (κ3) is 4.31. The van der Waals surface area contributed by atoms with Crippen LogP contribution in [0.1, 0.15) is 11.1 Å². The number of aryl methyl sites for hydroxylation is 1. The maximum absolute atomic E-state index is 12.7. The average molecular weight is 388 g/mol. The van der Waals surface area contributed by atoms with E-state index in [-0.39, 0.29) is 5.91 Å². The molecule has 2 aromatic rings. The number of sulfonamides is 1. The number of amides is 1. The van der Waals surface area contributed by atoms with Crippen LogP contribution in [-0.2, 0) is 21.2 Å². The molecule has 1 amide bonds. The van der Waals surface area contributed by atoms with Gasteiger partial charge in [0, 0.05) is 26.2 Å². The molecule has 0 spiro atoms. The molecule has 0 radical (unpaired) electrons. The molecule has 1 heterocycles. The van der Waals surface area contributed by atoms with Crippen molar-refractivity contribution >= 4 is 15.9 Å². The van der Waals surface area contributed by atoms with E-state index in [0.717, 1.165) is 16.9 Å². The summed E-state index contributed by atoms with van der Waals surface area (Å²) in [5.74, 6) is 0.808. The molecule has 2 aromatic carbocycles. The van der Waals surface area contributed by atoms with Gasteiger partial charge in [0.1, 0.15) is 5.75 Å². The summed E-state index contributed by atoms with van der Waals surface area (Å²) in [6, 6.07) is 14.1. The van der Waals surface area contributed by atoms with Crippen molar-refractivity contribution in [3.8, 4) is 5.75 Å². The van der Waals surface area contributed by atoms with E-state index in [9.17, 15) is 13.2 Å². The Morgan fingerprint density at radius 3 is 2.30 bits per heavy atom. The number of hydrogen-bond acceptors (Lipinski definition) is 4. The predicted molar refractivity (Wildman–Crippen MR) is 103 cm³/mol. The second-order valence-corrected chi connectivity index (χ2v) is 8.52. The Balaban J connectivity index is 1.60. The zero-order valence-corrected chi connectivity index (χ0v) is 16.4. The summed E-state index contributed by atoms with van der Waals surface area (Å²) >= 11 is 0. The number of hydrogen-bond donors (Lipinski definition) is 0. The summed E-state index contributed by atoms with van der Waals surface area (Å²) in [7, 11) is -1.88. The lowest BCUT2D eigenvalue weighted by atomic mass is 10.1. The van der Waals surface area contributed by atoms with Crippen molar-refractivity contribution in [3.05, 3.63) is 59.7 Å². The normalized spacial score (nSPS) is 15.6. The van der Waals surface area contributed by atoms with Crippen molar-refractivity contribution in [2.24, 2.45) is 0 Å². The lowest BCUT2D eigenvalue weighted by Crippen LogP contribution is -2.50. The summed E-state index contributed by atoms with van der Waals surface area (Å²) in [6.07, 6.45) is 0.302. The van der Waals surface area contributed by atoms with E-state index >= 15 is 0 Å². The molecule has 0 saturated carbocycles. The SMILES string of the molecule is COc1ccc(CC(=O)N2CCN(S(=O)(=O)c3ccccc3)CC2)cc1C. The van der Waals surface area contributed by atoms with Crippen molar-refractivity contribution in [3.63, 3.8) is 0 Å². The van der Waals surface area contributed by atoms with Crippen LogP contribution in [0.5, 0.6) is 5.75 Å². The highest BCUT2D eigenvalue weighted by atomic mass is 32.2. The number of carbonyl (C=O) groups excluding carboxylic acids is 1. The Kier molecular flexibility index (Phi) is 5.82. The van der Waals surface area contributed by atoms with Crippen LogP contribution in [0.15, 0.2) is 53.4 Å². The van der Waals surface area contributed by atoms with Crippen molar-refractivity contribution < 1.29 is 17.9 Å². The summed E-state index contributed by atoms with van der Waals surface area (Å²) in [5.41, 5.74) is 1.92. The van der Waals surface area contributed by atoms with Crippen LogP contribution in [0.2, 0.25) is 0 Å². The van der Waals surface area contributed by atoms with Crippen molar-refractivity contribution in [2.45, 2.75) is 18.2 Å². The van der Waals surface area contributed by atoms with Gasteiger partial charge in [0.25, 0.3) is 0 Å². The highest BCUT2D eigenvalue weighted by molar-refractivity contribution is 7.89. The van der Waals surface area contributed by atoms with Crippen LogP contribution in [0.4, 0.5) is 0 Å². The minimum Gasteiger partial charge on any atom is -0.496 e. The second kappa shape index (κ2) is 8.10. The molecule has 1 aliphatic heterocycles. The van der Waals surface area contributed by atoms with Gasteiger partial charge in [0.05, 0.1) is 18.4 Å². The first kappa shape index (κ1) is 19.4. The molecule has 3 rings (SSSR count). The van der Waals surface area contributed by atoms with Crippen LogP contribution >= 0.6 is 0 Å². The van der Waals surface area contributed by atoms with Crippen molar-refractivity contribution in [2.75, 3.05) is 33.3 Å². The zero-order chi connectivity index (χ0) is 19.4. The zero-order valence-electron chi connectivity index (χ0n) is 15.6. The largest absolute Gasteiger partial charge is 0.496 e. The number of nitrogens with zero attached hydrogens (tertiary/aromatic N) is 2. The fourth-order valence-electron chi connectivity index (χ4n) is 3.26. The molecule has 0 aromatic heterocycles. The molecule has 0 aliphatic carbocycles. The molecule has 1 aliphatic rings. The van der Waals surface area contributed by atoms with E-state index in [4.69, 9.17) is 4.74 Å². The molecule has 6 nitrogen and oxygen atoms in total. The summed E-state index contributed by atoms with van der Waals surface area (Å²) < 4.78 is 32.0. The third-order valence-corrected chi connectivity index (χ3v) is 6.70. The summed E-state index contributed by atoms with van der Waals surface area (Å²) in [5, 5.41) is 0. The minimum atomic E-state index is -3.50. The maximum atomic E-state index is 12.7. The Morgan fingerprint density at radius 1 is 1.04 bits per heavy atom. The number of methoxy groups -OCH3 is 1. The van der Waals surface area contributed by atoms with Gasteiger partial charge in [-0.15, -0.1) is 0 Å². The fourth-order valence-corrected chi connectivity index (χ4v) is 4.70. The highest BCUT2D eigenvalue weighted by Gasteiger charge is 2.29. The molecule has 7 heteroatoms. The van der Waals surface area contributed by atoms with Gasteiger partial charge < -0.3 is 9.64 Å². The number of benzene rings is 2. The molecule has 27 heavy (non-hydrogen) atoms. The van der Waals surface area contributed by atoms with Gasteiger partial charge in [-0.3, -0.25) is 4.79 Å². The molecule has 144 valence electrons. The van der Waals surface area contributed by atoms with Gasteiger partial charge in [-0.05, 0) is 36.2 Å². The van der Waals surface area contributed by atoms with Crippen LogP contribution in [0.3, 0.4) is 0 Å². The molecule has 0 atom stereocenters. The Hall–Kier alpha value is -2.38. The highest BCUT2D eigenvalue weighted by Crippen LogP contribution is 2.20. The lowest BCUT2D eigenvalue weighted by Gasteiger charge is -2.34. The maximum Gasteiger partial charge on any atom is 0.243 e. The number of piperazine rings is 1. The number of ether oxygens (including phenoxy) is 1. The standard InChI is InChI=1S/C20H24N2O4S/c1-16-14-17(8-9-19(16)26-2)15-20(23)21-10-12-22(13-11-21)27(24,25)18-6-4-3-5-7-18/h3-9,14H,10-13,15H2,1-2H3.